The summed E-state index contributed by atoms with van der Waals surface area (Å²) in [4.78, 5) is 16.2. The first kappa shape index (κ1) is 11.8. The Bertz CT molecular complexity index is 91.9. The Morgan fingerprint density at radius 2 is 1.20 bits per heavy atom. The molecule has 0 aliphatic rings. The van der Waals surface area contributed by atoms with Crippen molar-refractivity contribution >= 4 is 6.15 Å². The molecule has 0 aromatic heterocycles. The predicted molar refractivity (Wildman–Crippen MR) is 18.1 cm³/mol. The third kappa shape index (κ3) is 27.7. The van der Waals surface area contributed by atoms with E-state index in [0.717, 1.165) is 0 Å². The van der Waals surface area contributed by atoms with Gasteiger partial charge in [0.15, 0.2) is 0 Å². The summed E-state index contributed by atoms with van der Waals surface area (Å²) in [6.07, 6.45) is 0.250. The van der Waals surface area contributed by atoms with E-state index in [1.807, 2.05) is 0 Å². The smallest absolute Gasteiger partial charge is 0.260 e. The Balaban J connectivity index is 0. The van der Waals surface area contributed by atoms with Crippen LogP contribution in [0, 0.1) is 0 Å². The highest BCUT2D eigenvalue weighted by Gasteiger charge is 2.09. The molecule has 0 amide bonds. The molecule has 60 valence electrons. The van der Waals surface area contributed by atoms with Crippen molar-refractivity contribution in [2.45, 2.75) is 13.2 Å². The van der Waals surface area contributed by atoms with Crippen molar-refractivity contribution < 1.29 is 31.9 Å². The van der Waals surface area contributed by atoms with E-state index < -0.39 is 13.2 Å². The minimum Gasteiger partial charge on any atom is -0.260 e. The minimum atomic E-state index is -3.38. The molecule has 0 bridgehead atoms. The fraction of sp³-hybridized carbons (Fsp3) is 0.667. The number of carbonyl (C=O) groups excluding carboxylic acids is 2. The molecule has 0 saturated carbocycles. The van der Waals surface area contributed by atoms with Gasteiger partial charge in [-0.3, -0.25) is 4.74 Å². The van der Waals surface area contributed by atoms with E-state index in [1.165, 1.54) is 0 Å². The largest absolute Gasteiger partial charge is 0.373 e. The maximum Gasteiger partial charge on any atom is 0.373 e. The Kier molecular flexibility index (Phi) is 9.52. The van der Waals surface area contributed by atoms with Crippen LogP contribution in [-0.2, 0) is 14.3 Å². The highest BCUT2D eigenvalue weighted by molar-refractivity contribution is 5.20. The number of hydrogen-bond donors (Lipinski definition) is 0. The molecule has 0 atom stereocenters. The Morgan fingerprint density at radius 1 is 1.00 bits per heavy atom. The summed E-state index contributed by atoms with van der Waals surface area (Å²) in [5, 5.41) is 0. The van der Waals surface area contributed by atoms with E-state index in [4.69, 9.17) is 9.59 Å². The fourth-order valence-corrected chi connectivity index (χ4v) is 0.0778. The van der Waals surface area contributed by atoms with Crippen molar-refractivity contribution in [2.75, 3.05) is 0 Å². The van der Waals surface area contributed by atoms with Gasteiger partial charge in [0.05, 0.1) is 0 Å². The quantitative estimate of drug-likeness (QED) is 0.565. The standard InChI is InChI=1S/C2H2F4O.CO2/c3-1(4)7-2(5)6;2-1-3/h1-2H;. The maximum absolute atomic E-state index is 10.6. The van der Waals surface area contributed by atoms with Crippen LogP contribution in [0.4, 0.5) is 17.6 Å². The third-order valence-electron chi connectivity index (χ3n) is 0.206. The van der Waals surface area contributed by atoms with Crippen molar-refractivity contribution in [1.82, 2.24) is 0 Å². The third-order valence-corrected chi connectivity index (χ3v) is 0.206. The second kappa shape index (κ2) is 8.06. The zero-order valence-corrected chi connectivity index (χ0v) is 4.39. The summed E-state index contributed by atoms with van der Waals surface area (Å²) in [6.45, 7) is -6.75. The first-order chi connectivity index (χ1) is 4.54. The molecule has 0 unspecified atom stereocenters. The van der Waals surface area contributed by atoms with Gasteiger partial charge in [-0.25, -0.2) is 0 Å². The highest BCUT2D eigenvalue weighted by atomic mass is 19.3. The van der Waals surface area contributed by atoms with Crippen LogP contribution in [0.3, 0.4) is 0 Å². The normalized spacial score (nSPS) is 8.60. The van der Waals surface area contributed by atoms with Crippen molar-refractivity contribution in [3.63, 3.8) is 0 Å². The summed E-state index contributed by atoms with van der Waals surface area (Å²) >= 11 is 0. The van der Waals surface area contributed by atoms with Crippen molar-refractivity contribution in [3.05, 3.63) is 0 Å². The minimum absolute atomic E-state index is 0.250. The lowest BCUT2D eigenvalue weighted by Gasteiger charge is -1.95. The molecule has 0 fully saturated rings. The molecule has 0 rings (SSSR count). The van der Waals surface area contributed by atoms with Crippen LogP contribution in [0.25, 0.3) is 0 Å². The van der Waals surface area contributed by atoms with E-state index in [-0.39, 0.29) is 6.15 Å². The molecule has 0 saturated heterocycles. The van der Waals surface area contributed by atoms with Crippen LogP contribution >= 0.6 is 0 Å². The molecule has 0 heterocycles. The van der Waals surface area contributed by atoms with Gasteiger partial charge in [0.1, 0.15) is 0 Å². The maximum atomic E-state index is 10.6. The summed E-state index contributed by atoms with van der Waals surface area (Å²) < 4.78 is 44.9. The van der Waals surface area contributed by atoms with Gasteiger partial charge in [0.2, 0.25) is 0 Å². The van der Waals surface area contributed by atoms with Crippen LogP contribution in [-0.4, -0.2) is 19.4 Å². The van der Waals surface area contributed by atoms with Crippen LogP contribution in [0.15, 0.2) is 0 Å². The molecule has 0 aromatic rings. The monoisotopic (exact) mass is 162 g/mol. The first-order valence-electron chi connectivity index (χ1n) is 1.75. The number of ether oxygens (including phenoxy) is 1. The van der Waals surface area contributed by atoms with E-state index in [2.05, 4.69) is 4.74 Å². The summed E-state index contributed by atoms with van der Waals surface area (Å²) in [6, 6.07) is 0. The highest BCUT2D eigenvalue weighted by Crippen LogP contribution is 2.02. The molecule has 0 aliphatic heterocycles. The Morgan fingerprint density at radius 3 is 1.20 bits per heavy atom. The van der Waals surface area contributed by atoms with E-state index in [1.54, 1.807) is 0 Å². The molecule has 0 aromatic carbocycles. The number of halogens is 4. The van der Waals surface area contributed by atoms with Gasteiger partial charge in [-0.15, -0.1) is 0 Å². The van der Waals surface area contributed by atoms with Gasteiger partial charge in [0, 0.05) is 0 Å². The van der Waals surface area contributed by atoms with Gasteiger partial charge in [0.25, 0.3) is 0 Å². The zero-order chi connectivity index (χ0) is 8.57. The molecule has 0 N–H and O–H groups in total. The Labute approximate surface area is 52.6 Å². The van der Waals surface area contributed by atoms with E-state index in [9.17, 15) is 17.6 Å². The van der Waals surface area contributed by atoms with E-state index >= 15 is 0 Å². The van der Waals surface area contributed by atoms with Gasteiger partial charge < -0.3 is 0 Å². The van der Waals surface area contributed by atoms with Crippen LogP contribution in [0.2, 0.25) is 0 Å². The van der Waals surface area contributed by atoms with Crippen LogP contribution < -0.4 is 0 Å². The molecule has 7 heteroatoms. The number of alkyl halides is 4. The van der Waals surface area contributed by atoms with Gasteiger partial charge >= 0.3 is 19.4 Å². The van der Waals surface area contributed by atoms with Crippen LogP contribution in [0.5, 0.6) is 0 Å². The SMILES string of the molecule is FC(F)OC(F)F.O=C=O. The fourth-order valence-electron chi connectivity index (χ4n) is 0.0778. The average molecular weight is 162 g/mol. The Hall–Kier alpha value is -0.940. The molecule has 3 nitrogen and oxygen atoms in total. The van der Waals surface area contributed by atoms with Crippen molar-refractivity contribution in [1.29, 1.82) is 0 Å². The molecule has 0 spiro atoms. The van der Waals surface area contributed by atoms with E-state index in [0.29, 0.717) is 0 Å². The lowest BCUT2D eigenvalue weighted by Crippen LogP contribution is -2.03. The zero-order valence-electron chi connectivity index (χ0n) is 4.39. The van der Waals surface area contributed by atoms with Gasteiger partial charge in [-0.1, -0.05) is 0 Å². The molecule has 10 heavy (non-hydrogen) atoms. The topological polar surface area (TPSA) is 43.4 Å². The average Bonchev–Trinajstić information content (AvgIpc) is 1.62. The summed E-state index contributed by atoms with van der Waals surface area (Å²) in [5.41, 5.74) is 0. The summed E-state index contributed by atoms with van der Waals surface area (Å²) in [5.74, 6) is 0. The van der Waals surface area contributed by atoms with Gasteiger partial charge in [-0.05, 0) is 0 Å². The lowest BCUT2D eigenvalue weighted by atomic mass is 11.3. The second-order valence-corrected chi connectivity index (χ2v) is 0.741. The molecular weight excluding hydrogens is 160 g/mol. The first-order valence-corrected chi connectivity index (χ1v) is 1.75. The molecular formula is C3H2F4O3. The van der Waals surface area contributed by atoms with Crippen LogP contribution in [0.1, 0.15) is 0 Å². The van der Waals surface area contributed by atoms with Crippen molar-refractivity contribution in [3.8, 4) is 0 Å². The summed E-state index contributed by atoms with van der Waals surface area (Å²) in [7, 11) is 0. The number of rotatable bonds is 2. The molecule has 0 radical (unpaired) electrons. The second-order valence-electron chi connectivity index (χ2n) is 0.741. The van der Waals surface area contributed by atoms with Gasteiger partial charge in [-0.2, -0.15) is 27.2 Å². The molecule has 0 aliphatic carbocycles. The lowest BCUT2D eigenvalue weighted by molar-refractivity contribution is -0.245. The number of hydrogen-bond acceptors (Lipinski definition) is 3. The van der Waals surface area contributed by atoms with Crippen molar-refractivity contribution in [2.24, 2.45) is 0 Å². The predicted octanol–water partition coefficient (Wildman–Crippen LogP) is 0.865.